The van der Waals surface area contributed by atoms with Crippen molar-refractivity contribution in [2.75, 3.05) is 5.32 Å². The number of rotatable bonds is 4. The molecule has 20 heavy (non-hydrogen) atoms. The summed E-state index contributed by atoms with van der Waals surface area (Å²) in [4.78, 5) is 10.8. The highest BCUT2D eigenvalue weighted by atomic mass is 19.1. The molecule has 1 aromatic carbocycles. The fourth-order valence-electron chi connectivity index (χ4n) is 1.75. The Balaban J connectivity index is 2.17. The molecule has 102 valence electrons. The van der Waals surface area contributed by atoms with Crippen LogP contribution in [0.1, 0.15) is 27.4 Å². The first-order valence-corrected chi connectivity index (χ1v) is 5.77. The highest BCUT2D eigenvalue weighted by Crippen LogP contribution is 2.20. The number of nitriles is 1. The van der Waals surface area contributed by atoms with Gasteiger partial charge in [0.05, 0.1) is 11.3 Å². The zero-order valence-electron chi connectivity index (χ0n) is 10.6. The van der Waals surface area contributed by atoms with Crippen LogP contribution < -0.4 is 5.32 Å². The number of furan rings is 1. The number of anilines is 1. The molecule has 0 saturated carbocycles. The van der Waals surface area contributed by atoms with E-state index in [9.17, 15) is 9.18 Å². The molecule has 0 atom stereocenters. The highest BCUT2D eigenvalue weighted by molar-refractivity contribution is 5.84. The van der Waals surface area contributed by atoms with E-state index in [0.29, 0.717) is 17.0 Å². The van der Waals surface area contributed by atoms with E-state index in [1.807, 2.05) is 6.07 Å². The Hall–Kier alpha value is -2.81. The van der Waals surface area contributed by atoms with E-state index >= 15 is 0 Å². The molecule has 0 aliphatic carbocycles. The number of carboxylic acid groups (broad SMARTS) is 1. The number of nitrogens with one attached hydrogen (secondary N) is 1. The molecule has 0 radical (unpaired) electrons. The van der Waals surface area contributed by atoms with Crippen LogP contribution in [0.3, 0.4) is 0 Å². The van der Waals surface area contributed by atoms with Crippen LogP contribution >= 0.6 is 0 Å². The van der Waals surface area contributed by atoms with Gasteiger partial charge in [-0.3, -0.25) is 0 Å². The third-order valence-corrected chi connectivity index (χ3v) is 2.80. The molecular formula is C14H11FN2O3. The third kappa shape index (κ3) is 2.78. The summed E-state index contributed by atoms with van der Waals surface area (Å²) in [5, 5.41) is 20.7. The van der Waals surface area contributed by atoms with E-state index in [1.54, 1.807) is 6.92 Å². The summed E-state index contributed by atoms with van der Waals surface area (Å²) in [6.45, 7) is 1.93. The van der Waals surface area contributed by atoms with Crippen LogP contribution in [0.2, 0.25) is 0 Å². The maximum Gasteiger partial charge on any atom is 0.371 e. The van der Waals surface area contributed by atoms with Gasteiger partial charge in [0.1, 0.15) is 17.6 Å². The van der Waals surface area contributed by atoms with Crippen LogP contribution in [-0.2, 0) is 6.54 Å². The van der Waals surface area contributed by atoms with Crippen molar-refractivity contribution in [3.8, 4) is 6.07 Å². The summed E-state index contributed by atoms with van der Waals surface area (Å²) in [5.41, 5.74) is 1.33. The maximum atomic E-state index is 13.0. The van der Waals surface area contributed by atoms with E-state index in [1.165, 1.54) is 18.2 Å². The predicted octanol–water partition coefficient (Wildman–Crippen LogP) is 2.91. The van der Waals surface area contributed by atoms with Gasteiger partial charge in [0.15, 0.2) is 0 Å². The minimum atomic E-state index is -1.14. The Labute approximate surface area is 114 Å². The first-order chi connectivity index (χ1) is 9.51. The predicted molar refractivity (Wildman–Crippen MR) is 68.8 cm³/mol. The van der Waals surface area contributed by atoms with Crippen molar-refractivity contribution in [3.05, 3.63) is 52.7 Å². The zero-order valence-corrected chi connectivity index (χ0v) is 10.6. The lowest BCUT2D eigenvalue weighted by Crippen LogP contribution is -2.02. The van der Waals surface area contributed by atoms with Gasteiger partial charge in [-0.05, 0) is 31.2 Å². The van der Waals surface area contributed by atoms with Crippen molar-refractivity contribution in [1.82, 2.24) is 0 Å². The van der Waals surface area contributed by atoms with Gasteiger partial charge in [-0.15, -0.1) is 0 Å². The number of nitrogens with zero attached hydrogens (tertiary/aromatic N) is 1. The molecule has 1 aromatic heterocycles. The molecule has 2 aromatic rings. The molecule has 2 rings (SSSR count). The van der Waals surface area contributed by atoms with Gasteiger partial charge in [-0.2, -0.15) is 5.26 Å². The summed E-state index contributed by atoms with van der Waals surface area (Å²) in [6.07, 6.45) is 0. The van der Waals surface area contributed by atoms with Crippen molar-refractivity contribution >= 4 is 11.7 Å². The molecule has 5 nitrogen and oxygen atoms in total. The van der Waals surface area contributed by atoms with Gasteiger partial charge in [0.2, 0.25) is 5.76 Å². The molecule has 0 aliphatic rings. The first kappa shape index (κ1) is 13.6. The monoisotopic (exact) mass is 274 g/mol. The Kier molecular flexibility index (Phi) is 3.71. The summed E-state index contributed by atoms with van der Waals surface area (Å²) in [7, 11) is 0. The lowest BCUT2D eigenvalue weighted by atomic mass is 10.1. The van der Waals surface area contributed by atoms with Gasteiger partial charge >= 0.3 is 5.97 Å². The lowest BCUT2D eigenvalue weighted by Gasteiger charge is -2.07. The van der Waals surface area contributed by atoms with Gasteiger partial charge in [-0.1, -0.05) is 0 Å². The number of aryl methyl sites for hydroxylation is 1. The number of hydrogen-bond donors (Lipinski definition) is 2. The minimum absolute atomic E-state index is 0.140. The first-order valence-electron chi connectivity index (χ1n) is 5.77. The second-order valence-corrected chi connectivity index (χ2v) is 4.15. The van der Waals surface area contributed by atoms with Crippen molar-refractivity contribution < 1.29 is 18.7 Å². The Bertz CT molecular complexity index is 701. The van der Waals surface area contributed by atoms with Gasteiger partial charge in [0, 0.05) is 12.1 Å². The van der Waals surface area contributed by atoms with E-state index in [-0.39, 0.29) is 17.9 Å². The molecule has 0 aliphatic heterocycles. The van der Waals surface area contributed by atoms with E-state index in [0.717, 1.165) is 6.07 Å². The quantitative estimate of drug-likeness (QED) is 0.895. The second kappa shape index (κ2) is 5.45. The van der Waals surface area contributed by atoms with Crippen LogP contribution in [0.5, 0.6) is 0 Å². The largest absolute Gasteiger partial charge is 0.475 e. The van der Waals surface area contributed by atoms with Crippen LogP contribution in [0.25, 0.3) is 0 Å². The molecular weight excluding hydrogens is 263 g/mol. The summed E-state index contributed by atoms with van der Waals surface area (Å²) < 4.78 is 18.1. The Morgan fingerprint density at radius 1 is 1.50 bits per heavy atom. The van der Waals surface area contributed by atoms with Crippen LogP contribution in [0.4, 0.5) is 10.1 Å². The topological polar surface area (TPSA) is 86.3 Å². The number of aromatic carboxylic acids is 1. The summed E-state index contributed by atoms with van der Waals surface area (Å²) in [5.74, 6) is -1.28. The maximum absolute atomic E-state index is 13.0. The van der Waals surface area contributed by atoms with Gasteiger partial charge < -0.3 is 14.8 Å². The number of benzene rings is 1. The Morgan fingerprint density at radius 2 is 2.25 bits per heavy atom. The van der Waals surface area contributed by atoms with E-state index < -0.39 is 11.8 Å². The molecule has 0 unspecified atom stereocenters. The standard InChI is InChI=1S/C14H11FN2O3/c1-8-10(5-13(20-8)14(18)19)7-17-12-3-2-11(15)4-9(12)6-16/h2-5,17H,7H2,1H3,(H,18,19). The molecule has 0 bridgehead atoms. The number of halogens is 1. The summed E-state index contributed by atoms with van der Waals surface area (Å²) in [6, 6.07) is 7.14. The molecule has 2 N–H and O–H groups in total. The molecule has 0 saturated heterocycles. The number of carboxylic acids is 1. The van der Waals surface area contributed by atoms with E-state index in [2.05, 4.69) is 5.32 Å². The van der Waals surface area contributed by atoms with Gasteiger partial charge in [0.25, 0.3) is 0 Å². The minimum Gasteiger partial charge on any atom is -0.475 e. The van der Waals surface area contributed by atoms with Crippen molar-refractivity contribution in [2.45, 2.75) is 13.5 Å². The average Bonchev–Trinajstić information content (AvgIpc) is 2.79. The van der Waals surface area contributed by atoms with Crippen LogP contribution in [-0.4, -0.2) is 11.1 Å². The molecule has 1 heterocycles. The fourth-order valence-corrected chi connectivity index (χ4v) is 1.75. The third-order valence-electron chi connectivity index (χ3n) is 2.80. The smallest absolute Gasteiger partial charge is 0.371 e. The number of hydrogen-bond acceptors (Lipinski definition) is 4. The van der Waals surface area contributed by atoms with Crippen molar-refractivity contribution in [1.29, 1.82) is 5.26 Å². The normalized spacial score (nSPS) is 10.1. The average molecular weight is 274 g/mol. The second-order valence-electron chi connectivity index (χ2n) is 4.15. The van der Waals surface area contributed by atoms with Crippen LogP contribution in [0, 0.1) is 24.1 Å². The summed E-state index contributed by atoms with van der Waals surface area (Å²) >= 11 is 0. The Morgan fingerprint density at radius 3 is 2.85 bits per heavy atom. The fraction of sp³-hybridized carbons (Fsp3) is 0.143. The number of carbonyl (C=O) groups is 1. The van der Waals surface area contributed by atoms with Crippen LogP contribution in [0.15, 0.2) is 28.7 Å². The highest BCUT2D eigenvalue weighted by Gasteiger charge is 2.13. The lowest BCUT2D eigenvalue weighted by molar-refractivity contribution is 0.0661. The molecule has 0 spiro atoms. The molecule has 0 amide bonds. The SMILES string of the molecule is Cc1oc(C(=O)O)cc1CNc1ccc(F)cc1C#N. The van der Waals surface area contributed by atoms with Crippen molar-refractivity contribution in [3.63, 3.8) is 0 Å². The van der Waals surface area contributed by atoms with E-state index in [4.69, 9.17) is 14.8 Å². The van der Waals surface area contributed by atoms with Gasteiger partial charge in [-0.25, -0.2) is 9.18 Å². The zero-order chi connectivity index (χ0) is 14.7. The molecule has 6 heteroatoms. The molecule has 0 fully saturated rings. The van der Waals surface area contributed by atoms with Crippen molar-refractivity contribution in [2.24, 2.45) is 0 Å².